The van der Waals surface area contributed by atoms with Gasteiger partial charge in [-0.15, -0.1) is 0 Å². The van der Waals surface area contributed by atoms with Gasteiger partial charge in [-0.1, -0.05) is 48.0 Å². The molecule has 0 saturated heterocycles. The Morgan fingerprint density at radius 1 is 1.03 bits per heavy atom. The molecule has 6 nitrogen and oxygen atoms in total. The topological polar surface area (TPSA) is 75.7 Å². The van der Waals surface area contributed by atoms with Gasteiger partial charge in [-0.3, -0.25) is 9.10 Å². The molecule has 0 atom stereocenters. The van der Waals surface area contributed by atoms with Crippen molar-refractivity contribution >= 4 is 33.2 Å². The average Bonchev–Trinajstić information content (AvgIpc) is 2.82. The monoisotopic (exact) mass is 486 g/mol. The highest BCUT2D eigenvalue weighted by atomic mass is 35.5. The number of carbonyl (C=O) groups excluding carboxylic acids is 1. The van der Waals surface area contributed by atoms with Gasteiger partial charge in [-0.25, -0.2) is 8.42 Å². The van der Waals surface area contributed by atoms with Crippen molar-refractivity contribution in [2.75, 3.05) is 24.5 Å². The maximum Gasteiger partial charge on any atom is 0.264 e. The summed E-state index contributed by atoms with van der Waals surface area (Å²) in [5.74, 6) is -0.0233. The summed E-state index contributed by atoms with van der Waals surface area (Å²) < 4.78 is 33.4. The first kappa shape index (κ1) is 24.6. The van der Waals surface area contributed by atoms with Crippen LogP contribution in [0, 0.1) is 6.92 Å². The van der Waals surface area contributed by atoms with E-state index in [2.05, 4.69) is 5.32 Å². The molecule has 0 aliphatic rings. The van der Waals surface area contributed by atoms with E-state index in [1.165, 1.54) is 19.2 Å². The number of amides is 1. The van der Waals surface area contributed by atoms with Crippen LogP contribution >= 0.6 is 11.6 Å². The summed E-state index contributed by atoms with van der Waals surface area (Å²) in [6.07, 6.45) is 1.49. The standard InChI is InChI=1S/C25H27ClN2O4S/c1-19-10-15-24(32-2)23(17-19)28(33(30,31)22-8-4-3-5-9-22)18-25(29)27-16-6-7-20-11-13-21(26)14-12-20/h3-5,8-15,17H,6-7,16,18H2,1-2H3,(H,27,29). The molecule has 0 radical (unpaired) electrons. The number of carbonyl (C=O) groups is 1. The van der Waals surface area contributed by atoms with Crippen LogP contribution in [-0.4, -0.2) is 34.5 Å². The molecule has 33 heavy (non-hydrogen) atoms. The SMILES string of the molecule is COc1ccc(C)cc1N(CC(=O)NCCCc1ccc(Cl)cc1)S(=O)(=O)c1ccccc1. The minimum atomic E-state index is -4.00. The van der Waals surface area contributed by atoms with Gasteiger partial charge in [0.05, 0.1) is 17.7 Å². The first-order valence-corrected chi connectivity index (χ1v) is 12.4. The number of benzene rings is 3. The third-order valence-corrected chi connectivity index (χ3v) is 7.13. The first-order valence-electron chi connectivity index (χ1n) is 10.5. The van der Waals surface area contributed by atoms with Crippen LogP contribution in [-0.2, 0) is 21.2 Å². The number of hydrogen-bond acceptors (Lipinski definition) is 4. The van der Waals surface area contributed by atoms with Gasteiger partial charge in [-0.2, -0.15) is 0 Å². The van der Waals surface area contributed by atoms with Gasteiger partial charge in [0.1, 0.15) is 12.3 Å². The molecule has 1 N–H and O–H groups in total. The van der Waals surface area contributed by atoms with Crippen LogP contribution in [0.1, 0.15) is 17.5 Å². The van der Waals surface area contributed by atoms with Gasteiger partial charge in [-0.05, 0) is 67.3 Å². The molecule has 3 rings (SSSR count). The fraction of sp³-hybridized carbons (Fsp3) is 0.240. The largest absolute Gasteiger partial charge is 0.495 e. The molecule has 3 aromatic carbocycles. The Balaban J connectivity index is 1.76. The minimum Gasteiger partial charge on any atom is -0.495 e. The van der Waals surface area contributed by atoms with E-state index in [1.807, 2.05) is 37.3 Å². The average molecular weight is 487 g/mol. The van der Waals surface area contributed by atoms with Crippen LogP contribution < -0.4 is 14.4 Å². The Kier molecular flexibility index (Phi) is 8.36. The van der Waals surface area contributed by atoms with E-state index < -0.39 is 15.9 Å². The summed E-state index contributed by atoms with van der Waals surface area (Å²) in [4.78, 5) is 12.9. The second kappa shape index (κ2) is 11.2. The molecule has 0 heterocycles. The second-order valence-electron chi connectivity index (χ2n) is 7.58. The summed E-state index contributed by atoms with van der Waals surface area (Å²) in [7, 11) is -2.53. The lowest BCUT2D eigenvalue weighted by molar-refractivity contribution is -0.119. The molecule has 0 spiro atoms. The molecule has 0 bridgehead atoms. The molecular weight excluding hydrogens is 460 g/mol. The molecular formula is C25H27ClN2O4S. The zero-order chi connectivity index (χ0) is 23.8. The van der Waals surface area contributed by atoms with Gasteiger partial charge in [0, 0.05) is 11.6 Å². The molecule has 3 aromatic rings. The van der Waals surface area contributed by atoms with Crippen molar-refractivity contribution in [3.8, 4) is 5.75 Å². The van der Waals surface area contributed by atoms with Crippen molar-refractivity contribution < 1.29 is 17.9 Å². The number of sulfonamides is 1. The molecule has 1 amide bonds. The van der Waals surface area contributed by atoms with Crippen molar-refractivity contribution in [1.29, 1.82) is 0 Å². The highest BCUT2D eigenvalue weighted by Crippen LogP contribution is 2.33. The van der Waals surface area contributed by atoms with E-state index in [-0.39, 0.29) is 11.4 Å². The van der Waals surface area contributed by atoms with Crippen molar-refractivity contribution in [2.24, 2.45) is 0 Å². The number of rotatable bonds is 10. The molecule has 0 saturated carbocycles. The third kappa shape index (κ3) is 6.49. The number of halogens is 1. The van der Waals surface area contributed by atoms with E-state index in [1.54, 1.807) is 30.3 Å². The lowest BCUT2D eigenvalue weighted by Crippen LogP contribution is -2.41. The molecule has 0 aliphatic carbocycles. The number of anilines is 1. The lowest BCUT2D eigenvalue weighted by Gasteiger charge is -2.26. The van der Waals surface area contributed by atoms with Crippen LogP contribution in [0.2, 0.25) is 5.02 Å². The summed E-state index contributed by atoms with van der Waals surface area (Å²) in [5, 5.41) is 3.51. The fourth-order valence-corrected chi connectivity index (χ4v) is 4.94. The van der Waals surface area contributed by atoms with Crippen molar-refractivity contribution in [3.63, 3.8) is 0 Å². The van der Waals surface area contributed by atoms with Gasteiger partial charge < -0.3 is 10.1 Å². The lowest BCUT2D eigenvalue weighted by atomic mass is 10.1. The number of aryl methyl sites for hydroxylation is 2. The molecule has 0 fully saturated rings. The molecule has 0 aromatic heterocycles. The number of ether oxygens (including phenoxy) is 1. The summed E-state index contributed by atoms with van der Waals surface area (Å²) in [5.41, 5.74) is 2.28. The maximum absolute atomic E-state index is 13.5. The zero-order valence-corrected chi connectivity index (χ0v) is 20.2. The molecule has 174 valence electrons. The van der Waals surface area contributed by atoms with Crippen LogP contribution in [0.5, 0.6) is 5.75 Å². The van der Waals surface area contributed by atoms with Crippen molar-refractivity contribution in [1.82, 2.24) is 5.32 Å². The molecule has 8 heteroatoms. The van der Waals surface area contributed by atoms with Gasteiger partial charge in [0.15, 0.2) is 0 Å². The highest BCUT2D eigenvalue weighted by Gasteiger charge is 2.29. The first-order chi connectivity index (χ1) is 15.8. The van der Waals surface area contributed by atoms with E-state index in [0.717, 1.165) is 21.9 Å². The predicted octanol–water partition coefficient (Wildman–Crippen LogP) is 4.60. The number of nitrogens with zero attached hydrogens (tertiary/aromatic N) is 1. The highest BCUT2D eigenvalue weighted by molar-refractivity contribution is 7.92. The van der Waals surface area contributed by atoms with Crippen molar-refractivity contribution in [3.05, 3.63) is 88.9 Å². The van der Waals surface area contributed by atoms with E-state index in [4.69, 9.17) is 16.3 Å². The number of methoxy groups -OCH3 is 1. The fourth-order valence-electron chi connectivity index (χ4n) is 3.37. The van der Waals surface area contributed by atoms with Gasteiger partial charge in [0.25, 0.3) is 10.0 Å². The van der Waals surface area contributed by atoms with E-state index in [9.17, 15) is 13.2 Å². The van der Waals surface area contributed by atoms with Gasteiger partial charge in [0.2, 0.25) is 5.91 Å². The maximum atomic E-state index is 13.5. The minimum absolute atomic E-state index is 0.101. The Morgan fingerprint density at radius 3 is 2.39 bits per heavy atom. The molecule has 0 aliphatic heterocycles. The summed E-state index contributed by atoms with van der Waals surface area (Å²) in [6.45, 7) is 1.91. The number of hydrogen-bond donors (Lipinski definition) is 1. The quantitative estimate of drug-likeness (QED) is 0.425. The van der Waals surface area contributed by atoms with E-state index in [0.29, 0.717) is 29.4 Å². The van der Waals surface area contributed by atoms with Crippen LogP contribution in [0.15, 0.2) is 77.7 Å². The Morgan fingerprint density at radius 2 is 1.73 bits per heavy atom. The summed E-state index contributed by atoms with van der Waals surface area (Å²) >= 11 is 5.91. The second-order valence-corrected chi connectivity index (χ2v) is 9.88. The molecule has 0 unspecified atom stereocenters. The third-order valence-electron chi connectivity index (χ3n) is 5.10. The van der Waals surface area contributed by atoms with Crippen LogP contribution in [0.3, 0.4) is 0 Å². The Labute approximate surface area is 200 Å². The normalized spacial score (nSPS) is 11.1. The Bertz CT molecular complexity index is 1180. The Hall–Kier alpha value is -3.03. The number of nitrogens with one attached hydrogen (secondary N) is 1. The van der Waals surface area contributed by atoms with Crippen LogP contribution in [0.25, 0.3) is 0 Å². The van der Waals surface area contributed by atoms with Crippen molar-refractivity contribution in [2.45, 2.75) is 24.7 Å². The predicted molar refractivity (Wildman–Crippen MR) is 131 cm³/mol. The smallest absolute Gasteiger partial charge is 0.264 e. The summed E-state index contributed by atoms with van der Waals surface area (Å²) in [6, 6.07) is 20.8. The van der Waals surface area contributed by atoms with Crippen LogP contribution in [0.4, 0.5) is 5.69 Å². The zero-order valence-electron chi connectivity index (χ0n) is 18.6. The van der Waals surface area contributed by atoms with E-state index >= 15 is 0 Å². The van der Waals surface area contributed by atoms with Gasteiger partial charge >= 0.3 is 0 Å².